The average molecular weight is 512 g/mol. The summed E-state index contributed by atoms with van der Waals surface area (Å²) in [6, 6.07) is 28.8. The standard InChI is InChI=1S/C35H45NO2/c1-34(2,3)31(28-15-9-7-10-16-28)30(37)19-13-14-26-20-22-27(23-21-26)24-25-36-33(38)32(35(4,5)6)29-17-11-8-12-18-29/h7-12,15-18,20-23,31-32H,13-14,19,24-25H2,1-6H3,(H,36,38). The quantitative estimate of drug-likeness (QED) is 0.284. The molecule has 1 amide bonds. The van der Waals surface area contributed by atoms with E-state index in [4.69, 9.17) is 0 Å². The molecule has 0 aromatic heterocycles. The van der Waals surface area contributed by atoms with E-state index in [0.717, 1.165) is 30.4 Å². The number of rotatable bonds is 11. The van der Waals surface area contributed by atoms with Crippen LogP contribution in [0, 0.1) is 10.8 Å². The van der Waals surface area contributed by atoms with Crippen molar-refractivity contribution < 1.29 is 9.59 Å². The highest BCUT2D eigenvalue weighted by atomic mass is 16.2. The van der Waals surface area contributed by atoms with Crippen LogP contribution in [0.4, 0.5) is 0 Å². The van der Waals surface area contributed by atoms with E-state index in [0.29, 0.717) is 18.7 Å². The Morgan fingerprint density at radius 3 is 1.55 bits per heavy atom. The van der Waals surface area contributed by atoms with Crippen molar-refractivity contribution in [2.75, 3.05) is 6.54 Å². The van der Waals surface area contributed by atoms with Gasteiger partial charge in [-0.15, -0.1) is 0 Å². The van der Waals surface area contributed by atoms with Gasteiger partial charge in [-0.25, -0.2) is 0 Å². The first-order valence-corrected chi connectivity index (χ1v) is 13.9. The lowest BCUT2D eigenvalue weighted by atomic mass is 9.73. The van der Waals surface area contributed by atoms with Gasteiger partial charge in [-0.1, -0.05) is 126 Å². The minimum absolute atomic E-state index is 0.0778. The third kappa shape index (κ3) is 8.41. The molecule has 3 rings (SSSR count). The van der Waals surface area contributed by atoms with Crippen LogP contribution in [-0.2, 0) is 22.4 Å². The summed E-state index contributed by atoms with van der Waals surface area (Å²) in [5, 5.41) is 3.16. The molecule has 0 fully saturated rings. The number of hydrogen-bond donors (Lipinski definition) is 1. The van der Waals surface area contributed by atoms with Crippen molar-refractivity contribution in [1.29, 1.82) is 0 Å². The topological polar surface area (TPSA) is 46.2 Å². The molecule has 3 aromatic rings. The van der Waals surface area contributed by atoms with Crippen LogP contribution >= 0.6 is 0 Å². The molecule has 0 spiro atoms. The van der Waals surface area contributed by atoms with Crippen molar-refractivity contribution in [3.8, 4) is 0 Å². The summed E-state index contributed by atoms with van der Waals surface area (Å²) in [5.74, 6) is 0.129. The minimum atomic E-state index is -0.187. The van der Waals surface area contributed by atoms with Gasteiger partial charge in [-0.05, 0) is 52.3 Å². The van der Waals surface area contributed by atoms with Gasteiger partial charge in [0.2, 0.25) is 5.91 Å². The largest absolute Gasteiger partial charge is 0.355 e. The molecule has 0 bridgehead atoms. The Kier molecular flexibility index (Phi) is 10.1. The molecule has 202 valence electrons. The van der Waals surface area contributed by atoms with E-state index in [1.807, 2.05) is 48.5 Å². The molecule has 3 heteroatoms. The lowest BCUT2D eigenvalue weighted by molar-refractivity contribution is -0.125. The second-order valence-corrected chi connectivity index (χ2v) is 12.6. The SMILES string of the molecule is CC(C)(C)C(C(=O)CCCc1ccc(CCNC(=O)C(c2ccccc2)C(C)(C)C)cc1)c1ccccc1. The Morgan fingerprint density at radius 1 is 0.632 bits per heavy atom. The summed E-state index contributed by atoms with van der Waals surface area (Å²) in [6.45, 7) is 13.4. The van der Waals surface area contributed by atoms with E-state index in [2.05, 4.69) is 83.3 Å². The first-order valence-electron chi connectivity index (χ1n) is 13.9. The number of nitrogens with one attached hydrogen (secondary N) is 1. The highest BCUT2D eigenvalue weighted by molar-refractivity contribution is 5.86. The Morgan fingerprint density at radius 2 is 1.08 bits per heavy atom. The van der Waals surface area contributed by atoms with Crippen LogP contribution in [0.5, 0.6) is 0 Å². The Labute approximate surface area is 230 Å². The van der Waals surface area contributed by atoms with Crippen LogP contribution in [0.2, 0.25) is 0 Å². The fourth-order valence-corrected chi connectivity index (χ4v) is 5.42. The molecule has 2 atom stereocenters. The molecule has 3 aromatic carbocycles. The van der Waals surface area contributed by atoms with E-state index in [1.54, 1.807) is 0 Å². The van der Waals surface area contributed by atoms with Crippen molar-refractivity contribution in [2.45, 2.75) is 79.1 Å². The Balaban J connectivity index is 1.48. The highest BCUT2D eigenvalue weighted by Gasteiger charge is 2.33. The number of aryl methyl sites for hydroxylation is 1. The average Bonchev–Trinajstić information content (AvgIpc) is 2.85. The number of benzene rings is 3. The van der Waals surface area contributed by atoms with Crippen LogP contribution in [0.1, 0.15) is 88.5 Å². The van der Waals surface area contributed by atoms with Crippen molar-refractivity contribution >= 4 is 11.7 Å². The molecule has 0 aliphatic rings. The minimum Gasteiger partial charge on any atom is -0.355 e. The smallest absolute Gasteiger partial charge is 0.228 e. The van der Waals surface area contributed by atoms with Gasteiger partial charge < -0.3 is 5.32 Å². The molecule has 38 heavy (non-hydrogen) atoms. The maximum absolute atomic E-state index is 13.2. The first-order chi connectivity index (χ1) is 18.0. The summed E-state index contributed by atoms with van der Waals surface area (Å²) < 4.78 is 0. The highest BCUT2D eigenvalue weighted by Crippen LogP contribution is 2.37. The molecule has 0 saturated carbocycles. The van der Waals surface area contributed by atoms with Gasteiger partial charge in [0.05, 0.1) is 5.92 Å². The number of ketones is 1. The number of carbonyl (C=O) groups is 2. The normalized spacial score (nSPS) is 13.5. The molecule has 0 aliphatic heterocycles. The zero-order valence-corrected chi connectivity index (χ0v) is 24.1. The van der Waals surface area contributed by atoms with E-state index >= 15 is 0 Å². The zero-order chi connectivity index (χ0) is 27.8. The summed E-state index contributed by atoms with van der Waals surface area (Å²) in [4.78, 5) is 26.2. The van der Waals surface area contributed by atoms with Crippen LogP contribution in [0.15, 0.2) is 84.9 Å². The van der Waals surface area contributed by atoms with Crippen molar-refractivity contribution in [2.24, 2.45) is 10.8 Å². The van der Waals surface area contributed by atoms with Crippen LogP contribution in [-0.4, -0.2) is 18.2 Å². The molecule has 0 aliphatic carbocycles. The first kappa shape index (κ1) is 29.4. The predicted octanol–water partition coefficient (Wildman–Crippen LogP) is 7.90. The molecular formula is C35H45NO2. The molecular weight excluding hydrogens is 466 g/mol. The van der Waals surface area contributed by atoms with Crippen molar-refractivity contribution in [1.82, 2.24) is 5.32 Å². The zero-order valence-electron chi connectivity index (χ0n) is 24.1. The predicted molar refractivity (Wildman–Crippen MR) is 158 cm³/mol. The number of Topliss-reactive ketones (excluding diaryl/α,β-unsaturated/α-hetero) is 1. The van der Waals surface area contributed by atoms with Gasteiger partial charge in [-0.3, -0.25) is 9.59 Å². The van der Waals surface area contributed by atoms with E-state index in [-0.39, 0.29) is 28.6 Å². The summed E-state index contributed by atoms with van der Waals surface area (Å²) >= 11 is 0. The molecule has 2 unspecified atom stereocenters. The summed E-state index contributed by atoms with van der Waals surface area (Å²) in [7, 11) is 0. The fourth-order valence-electron chi connectivity index (χ4n) is 5.42. The number of hydrogen-bond acceptors (Lipinski definition) is 2. The third-order valence-corrected chi connectivity index (χ3v) is 7.21. The Hall–Kier alpha value is -3.20. The van der Waals surface area contributed by atoms with Gasteiger partial charge in [0.1, 0.15) is 5.78 Å². The van der Waals surface area contributed by atoms with E-state index in [1.165, 1.54) is 11.1 Å². The molecule has 0 radical (unpaired) electrons. The van der Waals surface area contributed by atoms with Gasteiger partial charge in [-0.2, -0.15) is 0 Å². The third-order valence-electron chi connectivity index (χ3n) is 7.21. The van der Waals surface area contributed by atoms with Crippen LogP contribution < -0.4 is 5.32 Å². The lowest BCUT2D eigenvalue weighted by Crippen LogP contribution is -2.37. The number of carbonyl (C=O) groups excluding carboxylic acids is 2. The molecule has 1 N–H and O–H groups in total. The summed E-state index contributed by atoms with van der Waals surface area (Å²) in [5.41, 5.74) is 4.34. The van der Waals surface area contributed by atoms with E-state index in [9.17, 15) is 9.59 Å². The maximum Gasteiger partial charge on any atom is 0.228 e. The molecule has 0 saturated heterocycles. The van der Waals surface area contributed by atoms with Crippen molar-refractivity contribution in [3.63, 3.8) is 0 Å². The van der Waals surface area contributed by atoms with Gasteiger partial charge >= 0.3 is 0 Å². The monoisotopic (exact) mass is 511 g/mol. The summed E-state index contributed by atoms with van der Waals surface area (Å²) in [6.07, 6.45) is 3.11. The second-order valence-electron chi connectivity index (χ2n) is 12.6. The van der Waals surface area contributed by atoms with Crippen LogP contribution in [0.3, 0.4) is 0 Å². The Bertz CT molecular complexity index is 1060. The van der Waals surface area contributed by atoms with Crippen LogP contribution in [0.25, 0.3) is 0 Å². The van der Waals surface area contributed by atoms with Crippen molar-refractivity contribution in [3.05, 3.63) is 107 Å². The van der Waals surface area contributed by atoms with Gasteiger partial charge in [0, 0.05) is 18.9 Å². The maximum atomic E-state index is 13.2. The molecule has 0 heterocycles. The van der Waals surface area contributed by atoms with Gasteiger partial charge in [0.25, 0.3) is 0 Å². The van der Waals surface area contributed by atoms with Gasteiger partial charge in [0.15, 0.2) is 0 Å². The molecule has 3 nitrogen and oxygen atoms in total. The lowest BCUT2D eigenvalue weighted by Gasteiger charge is -2.30. The number of amides is 1. The fraction of sp³-hybridized carbons (Fsp3) is 0.429. The van der Waals surface area contributed by atoms with E-state index < -0.39 is 0 Å². The second kappa shape index (κ2) is 13.0.